The van der Waals surface area contributed by atoms with Gasteiger partial charge in [0, 0.05) is 5.56 Å². The molecule has 4 rings (SSSR count). The van der Waals surface area contributed by atoms with Crippen LogP contribution in [0.4, 0.5) is 4.39 Å². The van der Waals surface area contributed by atoms with Crippen LogP contribution in [-0.2, 0) is 6.42 Å². The van der Waals surface area contributed by atoms with Crippen molar-refractivity contribution in [2.75, 3.05) is 0 Å². The van der Waals surface area contributed by atoms with E-state index in [2.05, 4.69) is 62.4 Å². The molecule has 1 aliphatic carbocycles. The van der Waals surface area contributed by atoms with Crippen molar-refractivity contribution in [2.45, 2.75) is 64.7 Å². The van der Waals surface area contributed by atoms with Crippen LogP contribution in [0.1, 0.15) is 69.4 Å². The summed E-state index contributed by atoms with van der Waals surface area (Å²) in [5.41, 5.74) is 6.38. The average Bonchev–Trinajstić information content (AvgIpc) is 2.84. The topological polar surface area (TPSA) is 0 Å². The predicted molar refractivity (Wildman–Crippen MR) is 135 cm³/mol. The van der Waals surface area contributed by atoms with E-state index in [9.17, 15) is 4.39 Å². The van der Waals surface area contributed by atoms with Crippen LogP contribution in [-0.4, -0.2) is 0 Å². The Hall–Kier alpha value is -2.67. The molecule has 0 bridgehead atoms. The van der Waals surface area contributed by atoms with Gasteiger partial charge >= 0.3 is 0 Å². The van der Waals surface area contributed by atoms with E-state index < -0.39 is 0 Å². The maximum absolute atomic E-state index is 15.0. The van der Waals surface area contributed by atoms with Gasteiger partial charge in [-0.05, 0) is 91.2 Å². The fourth-order valence-electron chi connectivity index (χ4n) is 5.03. The number of hydrogen-bond acceptors (Lipinski definition) is 0. The molecule has 0 radical (unpaired) electrons. The third-order valence-corrected chi connectivity index (χ3v) is 7.00. The van der Waals surface area contributed by atoms with E-state index in [1.165, 1.54) is 49.7 Å². The third-order valence-electron chi connectivity index (χ3n) is 7.00. The highest BCUT2D eigenvalue weighted by Crippen LogP contribution is 2.37. The standard InChI is InChI=1S/C31H35F/c1-3-5-7-24-10-14-28(15-11-24)30-21-20-29(22-31(30)32)27-18-16-26(17-19-27)25-12-8-23(6-4-2)9-13-25/h4,6,10-11,14-23,25H,3,5,7-9,12-13H2,1-2H3/b6-4+. The molecule has 0 heterocycles. The normalized spacial score (nSPS) is 18.8. The molecule has 1 aliphatic rings. The van der Waals surface area contributed by atoms with E-state index in [4.69, 9.17) is 0 Å². The molecule has 3 aromatic rings. The average molecular weight is 427 g/mol. The molecule has 0 aromatic heterocycles. The Kier molecular flexibility index (Phi) is 7.58. The maximum Gasteiger partial charge on any atom is 0.131 e. The van der Waals surface area contributed by atoms with E-state index in [1.807, 2.05) is 24.3 Å². The van der Waals surface area contributed by atoms with Crippen LogP contribution < -0.4 is 0 Å². The molecule has 3 aromatic carbocycles. The number of unbranched alkanes of at least 4 members (excludes halogenated alkanes) is 1. The summed E-state index contributed by atoms with van der Waals surface area (Å²) in [5.74, 6) is 1.25. The van der Waals surface area contributed by atoms with Crippen LogP contribution in [0.5, 0.6) is 0 Å². The van der Waals surface area contributed by atoms with Crippen LogP contribution in [0.25, 0.3) is 22.3 Å². The van der Waals surface area contributed by atoms with Gasteiger partial charge in [-0.15, -0.1) is 0 Å². The Bertz CT molecular complexity index is 1020. The fourth-order valence-corrected chi connectivity index (χ4v) is 5.03. The molecular weight excluding hydrogens is 391 g/mol. The highest BCUT2D eigenvalue weighted by molar-refractivity contribution is 5.71. The van der Waals surface area contributed by atoms with Crippen LogP contribution in [0.3, 0.4) is 0 Å². The smallest absolute Gasteiger partial charge is 0.131 e. The molecule has 32 heavy (non-hydrogen) atoms. The lowest BCUT2D eigenvalue weighted by Gasteiger charge is -2.27. The minimum Gasteiger partial charge on any atom is -0.206 e. The van der Waals surface area contributed by atoms with E-state index >= 15 is 0 Å². The Morgan fingerprint density at radius 2 is 1.47 bits per heavy atom. The minimum absolute atomic E-state index is 0.157. The molecule has 0 N–H and O–H groups in total. The Labute approximate surface area is 193 Å². The van der Waals surface area contributed by atoms with Crippen LogP contribution >= 0.6 is 0 Å². The maximum atomic E-state index is 15.0. The second-order valence-corrected chi connectivity index (χ2v) is 9.25. The van der Waals surface area contributed by atoms with Crippen molar-refractivity contribution in [3.05, 3.63) is 95.8 Å². The summed E-state index contributed by atoms with van der Waals surface area (Å²) in [7, 11) is 0. The molecule has 1 heteroatoms. The van der Waals surface area contributed by atoms with Gasteiger partial charge in [0.2, 0.25) is 0 Å². The van der Waals surface area contributed by atoms with Crippen molar-refractivity contribution in [3.8, 4) is 22.3 Å². The summed E-state index contributed by atoms with van der Waals surface area (Å²) >= 11 is 0. The monoisotopic (exact) mass is 426 g/mol. The summed E-state index contributed by atoms with van der Waals surface area (Å²) < 4.78 is 15.0. The number of benzene rings is 3. The number of aryl methyl sites for hydroxylation is 1. The quantitative estimate of drug-likeness (QED) is 0.330. The SMILES string of the molecule is C/C=C/C1CCC(c2ccc(-c3ccc(-c4ccc(CCCC)cc4)c(F)c3)cc2)CC1. The van der Waals surface area contributed by atoms with Gasteiger partial charge in [-0.3, -0.25) is 0 Å². The van der Waals surface area contributed by atoms with Gasteiger partial charge < -0.3 is 0 Å². The molecular formula is C31H35F. The molecule has 0 aliphatic heterocycles. The first kappa shape index (κ1) is 22.5. The molecule has 166 valence electrons. The molecule has 0 amide bonds. The molecule has 0 saturated heterocycles. The first-order chi connectivity index (χ1) is 15.7. The van der Waals surface area contributed by atoms with Gasteiger partial charge in [-0.25, -0.2) is 4.39 Å². The highest BCUT2D eigenvalue weighted by atomic mass is 19.1. The minimum atomic E-state index is -0.157. The zero-order chi connectivity index (χ0) is 22.3. The summed E-state index contributed by atoms with van der Waals surface area (Å²) in [5, 5.41) is 0. The van der Waals surface area contributed by atoms with Gasteiger partial charge in [0.1, 0.15) is 5.82 Å². The lowest BCUT2D eigenvalue weighted by molar-refractivity contribution is 0.376. The van der Waals surface area contributed by atoms with E-state index in [-0.39, 0.29) is 5.82 Å². The second kappa shape index (κ2) is 10.8. The molecule has 1 fully saturated rings. The van der Waals surface area contributed by atoms with Gasteiger partial charge in [0.05, 0.1) is 0 Å². The van der Waals surface area contributed by atoms with Crippen molar-refractivity contribution in [3.63, 3.8) is 0 Å². The molecule has 1 saturated carbocycles. The van der Waals surface area contributed by atoms with E-state index in [1.54, 1.807) is 6.07 Å². The van der Waals surface area contributed by atoms with Crippen LogP contribution in [0, 0.1) is 11.7 Å². The Morgan fingerprint density at radius 3 is 2.09 bits per heavy atom. The third kappa shape index (κ3) is 5.38. The van der Waals surface area contributed by atoms with E-state index in [0.29, 0.717) is 11.5 Å². The molecule has 0 unspecified atom stereocenters. The van der Waals surface area contributed by atoms with Crippen molar-refractivity contribution in [1.29, 1.82) is 0 Å². The highest BCUT2D eigenvalue weighted by Gasteiger charge is 2.20. The number of allylic oxidation sites excluding steroid dienone is 2. The summed E-state index contributed by atoms with van der Waals surface area (Å²) in [6, 6.07) is 22.8. The van der Waals surface area contributed by atoms with Gasteiger partial charge in [-0.1, -0.05) is 86.2 Å². The Balaban J connectivity index is 1.45. The van der Waals surface area contributed by atoms with Crippen molar-refractivity contribution in [2.24, 2.45) is 5.92 Å². The van der Waals surface area contributed by atoms with Crippen molar-refractivity contribution in [1.82, 2.24) is 0 Å². The molecule has 0 spiro atoms. The largest absolute Gasteiger partial charge is 0.206 e. The Morgan fingerprint density at radius 1 is 0.812 bits per heavy atom. The fraction of sp³-hybridized carbons (Fsp3) is 0.355. The summed E-state index contributed by atoms with van der Waals surface area (Å²) in [6.07, 6.45) is 13.1. The number of halogens is 1. The van der Waals surface area contributed by atoms with Gasteiger partial charge in [-0.2, -0.15) is 0 Å². The predicted octanol–water partition coefficient (Wildman–Crippen LogP) is 9.35. The van der Waals surface area contributed by atoms with Crippen molar-refractivity contribution >= 4 is 0 Å². The zero-order valence-corrected chi connectivity index (χ0v) is 19.5. The first-order valence-corrected chi connectivity index (χ1v) is 12.3. The van der Waals surface area contributed by atoms with Gasteiger partial charge in [0.25, 0.3) is 0 Å². The molecule has 0 nitrogen and oxygen atoms in total. The van der Waals surface area contributed by atoms with Gasteiger partial charge in [0.15, 0.2) is 0 Å². The van der Waals surface area contributed by atoms with Crippen molar-refractivity contribution < 1.29 is 4.39 Å². The van der Waals surface area contributed by atoms with E-state index in [0.717, 1.165) is 29.0 Å². The molecule has 0 atom stereocenters. The zero-order valence-electron chi connectivity index (χ0n) is 19.5. The number of rotatable bonds is 7. The van der Waals surface area contributed by atoms with Crippen LogP contribution in [0.15, 0.2) is 78.9 Å². The number of hydrogen-bond donors (Lipinski definition) is 0. The lowest BCUT2D eigenvalue weighted by atomic mass is 9.78. The summed E-state index contributed by atoms with van der Waals surface area (Å²) in [4.78, 5) is 0. The summed E-state index contributed by atoms with van der Waals surface area (Å²) in [6.45, 7) is 4.32. The lowest BCUT2D eigenvalue weighted by Crippen LogP contribution is -2.11. The van der Waals surface area contributed by atoms with Crippen LogP contribution in [0.2, 0.25) is 0 Å². The second-order valence-electron chi connectivity index (χ2n) is 9.25. The first-order valence-electron chi connectivity index (χ1n) is 12.3.